The summed E-state index contributed by atoms with van der Waals surface area (Å²) in [6.07, 6.45) is 2.39. The summed E-state index contributed by atoms with van der Waals surface area (Å²) in [5, 5.41) is 4.72. The van der Waals surface area contributed by atoms with Crippen LogP contribution < -0.4 is 10.9 Å². The molecule has 0 bridgehead atoms. The van der Waals surface area contributed by atoms with Crippen LogP contribution in [0.15, 0.2) is 23.0 Å². The van der Waals surface area contributed by atoms with E-state index in [1.54, 1.807) is 0 Å². The highest BCUT2D eigenvalue weighted by atomic mass is 32.2. The van der Waals surface area contributed by atoms with Crippen LogP contribution >= 0.6 is 11.8 Å². The Balaban J connectivity index is 1.81. The summed E-state index contributed by atoms with van der Waals surface area (Å²) < 4.78 is 0. The maximum absolute atomic E-state index is 12.1. The number of aromatic amines is 1. The molecular weight excluding hydrogens is 270 g/mol. The first-order valence-electron chi connectivity index (χ1n) is 7.05. The molecule has 0 spiro atoms. The lowest BCUT2D eigenvalue weighted by molar-refractivity contribution is 0.531. The van der Waals surface area contributed by atoms with E-state index in [0.717, 1.165) is 35.7 Å². The molecule has 1 fully saturated rings. The number of thioether (sulfide) groups is 1. The van der Waals surface area contributed by atoms with Gasteiger partial charge in [-0.25, -0.2) is 4.98 Å². The van der Waals surface area contributed by atoms with Crippen molar-refractivity contribution in [2.45, 2.75) is 30.8 Å². The van der Waals surface area contributed by atoms with Crippen molar-refractivity contribution in [3.63, 3.8) is 0 Å². The van der Waals surface area contributed by atoms with Gasteiger partial charge >= 0.3 is 0 Å². The van der Waals surface area contributed by atoms with Gasteiger partial charge in [-0.15, -0.1) is 0 Å². The van der Waals surface area contributed by atoms with Crippen LogP contribution in [0.1, 0.15) is 24.2 Å². The summed E-state index contributed by atoms with van der Waals surface area (Å²) in [5.74, 6) is 1.57. The summed E-state index contributed by atoms with van der Waals surface area (Å²) in [7, 11) is 0. The second kappa shape index (κ2) is 5.97. The van der Waals surface area contributed by atoms with Crippen LogP contribution in [0.4, 0.5) is 0 Å². The molecule has 0 amide bonds. The highest BCUT2D eigenvalue weighted by Gasteiger charge is 2.14. The maximum Gasteiger partial charge on any atom is 0.258 e. The smallest absolute Gasteiger partial charge is 0.258 e. The summed E-state index contributed by atoms with van der Waals surface area (Å²) >= 11 is 1.90. The van der Waals surface area contributed by atoms with Crippen LogP contribution in [0.5, 0.6) is 0 Å². The number of nitrogens with zero attached hydrogens (tertiary/aromatic N) is 1. The Bertz CT molecular complexity index is 662. The average Bonchev–Trinajstić information content (AvgIpc) is 2.47. The third kappa shape index (κ3) is 2.88. The molecule has 1 aliphatic heterocycles. The van der Waals surface area contributed by atoms with Crippen molar-refractivity contribution in [1.82, 2.24) is 15.3 Å². The summed E-state index contributed by atoms with van der Waals surface area (Å²) in [6.45, 7) is 4.19. The van der Waals surface area contributed by atoms with E-state index in [0.29, 0.717) is 10.6 Å². The minimum Gasteiger partial charge on any atom is -0.317 e. The molecule has 20 heavy (non-hydrogen) atoms. The van der Waals surface area contributed by atoms with Crippen molar-refractivity contribution in [3.05, 3.63) is 39.9 Å². The van der Waals surface area contributed by atoms with Gasteiger partial charge in [-0.2, -0.15) is 11.8 Å². The summed E-state index contributed by atoms with van der Waals surface area (Å²) in [4.78, 5) is 19.6. The van der Waals surface area contributed by atoms with Crippen LogP contribution in [-0.4, -0.2) is 28.3 Å². The van der Waals surface area contributed by atoms with E-state index in [9.17, 15) is 4.79 Å². The highest BCUT2D eigenvalue weighted by Crippen LogP contribution is 2.23. The fourth-order valence-electron chi connectivity index (χ4n) is 2.58. The zero-order valence-corrected chi connectivity index (χ0v) is 12.4. The van der Waals surface area contributed by atoms with Crippen LogP contribution in [0.3, 0.4) is 0 Å². The quantitative estimate of drug-likeness (QED) is 0.909. The van der Waals surface area contributed by atoms with E-state index in [2.05, 4.69) is 15.3 Å². The van der Waals surface area contributed by atoms with Crippen molar-refractivity contribution < 1.29 is 0 Å². The number of rotatable bonds is 3. The predicted octanol–water partition coefficient (Wildman–Crippen LogP) is 2.22. The number of hydrogen-bond donors (Lipinski definition) is 2. The number of H-pyrrole nitrogens is 1. The van der Waals surface area contributed by atoms with Gasteiger partial charge in [0.1, 0.15) is 5.82 Å². The van der Waals surface area contributed by atoms with Gasteiger partial charge in [0.2, 0.25) is 0 Å². The first kappa shape index (κ1) is 13.6. The number of nitrogens with one attached hydrogen (secondary N) is 2. The fraction of sp³-hybridized carbons (Fsp3) is 0.467. The lowest BCUT2D eigenvalue weighted by atomic mass is 10.1. The summed E-state index contributed by atoms with van der Waals surface area (Å²) in [6, 6.07) is 5.73. The second-order valence-electron chi connectivity index (χ2n) is 5.24. The maximum atomic E-state index is 12.1. The Labute approximate surface area is 122 Å². The van der Waals surface area contributed by atoms with Crippen LogP contribution in [-0.2, 0) is 5.75 Å². The lowest BCUT2D eigenvalue weighted by Gasteiger charge is -2.21. The molecule has 0 radical (unpaired) electrons. The first-order chi connectivity index (χ1) is 9.74. The van der Waals surface area contributed by atoms with Crippen LogP contribution in [0.2, 0.25) is 0 Å². The third-order valence-corrected chi connectivity index (χ3v) is 5.11. The van der Waals surface area contributed by atoms with E-state index in [1.807, 2.05) is 36.9 Å². The molecule has 0 saturated carbocycles. The average molecular weight is 289 g/mol. The lowest BCUT2D eigenvalue weighted by Crippen LogP contribution is -2.29. The molecule has 1 aromatic carbocycles. The normalized spacial score (nSPS) is 16.6. The van der Waals surface area contributed by atoms with Gasteiger partial charge in [0.25, 0.3) is 5.56 Å². The molecule has 3 rings (SSSR count). The first-order valence-corrected chi connectivity index (χ1v) is 8.10. The van der Waals surface area contributed by atoms with Gasteiger partial charge in [0.15, 0.2) is 0 Å². The second-order valence-corrected chi connectivity index (χ2v) is 6.53. The fourth-order valence-corrected chi connectivity index (χ4v) is 3.68. The minimum atomic E-state index is -0.0281. The number of aryl methyl sites for hydroxylation is 1. The number of hydrogen-bond acceptors (Lipinski definition) is 4. The van der Waals surface area contributed by atoms with Crippen molar-refractivity contribution in [1.29, 1.82) is 0 Å². The van der Waals surface area contributed by atoms with E-state index in [4.69, 9.17) is 0 Å². The number of piperidine rings is 1. The molecule has 1 saturated heterocycles. The van der Waals surface area contributed by atoms with Gasteiger partial charge in [0, 0.05) is 5.25 Å². The molecule has 1 aromatic heterocycles. The molecule has 0 atom stereocenters. The van der Waals surface area contributed by atoms with Gasteiger partial charge in [-0.3, -0.25) is 4.79 Å². The van der Waals surface area contributed by atoms with E-state index >= 15 is 0 Å². The van der Waals surface area contributed by atoms with Crippen molar-refractivity contribution in [2.24, 2.45) is 0 Å². The van der Waals surface area contributed by atoms with Crippen molar-refractivity contribution >= 4 is 22.7 Å². The Morgan fingerprint density at radius 2 is 2.15 bits per heavy atom. The topological polar surface area (TPSA) is 57.8 Å². The molecule has 5 heteroatoms. The molecule has 0 aliphatic carbocycles. The van der Waals surface area contributed by atoms with Gasteiger partial charge < -0.3 is 10.3 Å². The van der Waals surface area contributed by atoms with Gasteiger partial charge in [0.05, 0.1) is 16.7 Å². The Morgan fingerprint density at radius 3 is 2.95 bits per heavy atom. The van der Waals surface area contributed by atoms with Gasteiger partial charge in [-0.1, -0.05) is 12.1 Å². The molecule has 1 aliphatic rings. The minimum absolute atomic E-state index is 0.0281. The molecular formula is C15H19N3OS. The number of aromatic nitrogens is 2. The molecule has 0 unspecified atom stereocenters. The number of para-hydroxylation sites is 1. The highest BCUT2D eigenvalue weighted by molar-refractivity contribution is 7.99. The SMILES string of the molecule is Cc1cccc2c(=O)[nH]c(CSC3CCNCC3)nc12. The largest absolute Gasteiger partial charge is 0.317 e. The number of benzene rings is 1. The molecule has 106 valence electrons. The number of fused-ring (bicyclic) bond motifs is 1. The van der Waals surface area contributed by atoms with Crippen molar-refractivity contribution in [3.8, 4) is 0 Å². The van der Waals surface area contributed by atoms with Crippen LogP contribution in [0.25, 0.3) is 10.9 Å². The van der Waals surface area contributed by atoms with Gasteiger partial charge in [-0.05, 0) is 44.5 Å². The van der Waals surface area contributed by atoms with E-state index in [1.165, 1.54) is 12.8 Å². The Hall–Kier alpha value is -1.33. The standard InChI is InChI=1S/C15H19N3OS/c1-10-3-2-4-12-14(10)17-13(18-15(12)19)9-20-11-5-7-16-8-6-11/h2-4,11,16H,5-9H2,1H3,(H,17,18,19). The molecule has 4 nitrogen and oxygen atoms in total. The zero-order valence-electron chi connectivity index (χ0n) is 11.6. The van der Waals surface area contributed by atoms with Crippen LogP contribution in [0, 0.1) is 6.92 Å². The van der Waals surface area contributed by atoms with E-state index in [-0.39, 0.29) is 5.56 Å². The summed E-state index contributed by atoms with van der Waals surface area (Å²) in [5.41, 5.74) is 1.86. The molecule has 2 heterocycles. The Morgan fingerprint density at radius 1 is 1.35 bits per heavy atom. The molecule has 2 N–H and O–H groups in total. The predicted molar refractivity (Wildman–Crippen MR) is 84.3 cm³/mol. The van der Waals surface area contributed by atoms with E-state index < -0.39 is 0 Å². The molecule has 2 aromatic rings. The third-order valence-electron chi connectivity index (χ3n) is 3.73. The Kier molecular flexibility index (Phi) is 4.08. The van der Waals surface area contributed by atoms with Crippen molar-refractivity contribution in [2.75, 3.05) is 13.1 Å². The monoisotopic (exact) mass is 289 g/mol. The zero-order chi connectivity index (χ0) is 13.9.